The second-order valence-electron chi connectivity index (χ2n) is 2.53. The Morgan fingerprint density at radius 1 is 1.54 bits per heavy atom. The van der Waals surface area contributed by atoms with Crippen molar-refractivity contribution >= 4 is 11.3 Å². The van der Waals surface area contributed by atoms with Crippen LogP contribution in [0.1, 0.15) is 18.3 Å². The third-order valence-electron chi connectivity index (χ3n) is 1.60. The molecule has 0 spiro atoms. The van der Waals surface area contributed by atoms with E-state index in [-0.39, 0.29) is 6.54 Å². The minimum Gasteiger partial charge on any atom is -0.760 e. The van der Waals surface area contributed by atoms with Gasteiger partial charge in [0.1, 0.15) is 0 Å². The van der Waals surface area contributed by atoms with Crippen molar-refractivity contribution in [2.45, 2.75) is 19.9 Å². The van der Waals surface area contributed by atoms with Crippen molar-refractivity contribution in [1.29, 1.82) is 0 Å². The largest absolute Gasteiger partial charge is 0.760 e. The molecule has 1 atom stereocenters. The molecule has 0 saturated carbocycles. The molecule has 13 heavy (non-hydrogen) atoms. The molecular formula is C8H11N2O2S-. The van der Waals surface area contributed by atoms with E-state index < -0.39 is 11.3 Å². The van der Waals surface area contributed by atoms with Gasteiger partial charge in [0.05, 0.1) is 5.69 Å². The normalized spacial score (nSPS) is 12.8. The zero-order chi connectivity index (χ0) is 9.68. The van der Waals surface area contributed by atoms with Crippen LogP contribution < -0.4 is 4.72 Å². The Balaban J connectivity index is 2.61. The van der Waals surface area contributed by atoms with Crippen LogP contribution in [0.2, 0.25) is 0 Å². The molecule has 0 aliphatic heterocycles. The number of rotatable bonds is 4. The fourth-order valence-corrected chi connectivity index (χ4v) is 1.22. The quantitative estimate of drug-likeness (QED) is 0.719. The van der Waals surface area contributed by atoms with Crippen LogP contribution in [0.15, 0.2) is 18.2 Å². The molecule has 72 valence electrons. The number of nitrogens with zero attached hydrogens (tertiary/aromatic N) is 1. The highest BCUT2D eigenvalue weighted by Gasteiger charge is 1.95. The topological polar surface area (TPSA) is 65.0 Å². The number of hydrogen-bond acceptors (Lipinski definition) is 3. The Hall–Kier alpha value is -0.780. The minimum atomic E-state index is -2.21. The molecule has 0 aromatic carbocycles. The van der Waals surface area contributed by atoms with E-state index in [1.807, 2.05) is 19.1 Å². The molecule has 1 unspecified atom stereocenters. The number of pyridine rings is 1. The highest BCUT2D eigenvalue weighted by molar-refractivity contribution is 7.77. The summed E-state index contributed by atoms with van der Waals surface area (Å²) < 4.78 is 22.6. The van der Waals surface area contributed by atoms with Gasteiger partial charge in [-0.1, -0.05) is 13.0 Å². The van der Waals surface area contributed by atoms with Crippen LogP contribution in [0.5, 0.6) is 0 Å². The molecule has 0 radical (unpaired) electrons. The minimum absolute atomic E-state index is 0.254. The van der Waals surface area contributed by atoms with Crippen LogP contribution in [0.4, 0.5) is 0 Å². The standard InChI is InChI=1S/C8H12N2O2S/c1-2-7-4-3-5-8(10-7)6-9-13(11)12/h3-5,9H,2,6H2,1H3,(H,11,12)/p-1. The fourth-order valence-electron chi connectivity index (χ4n) is 0.957. The molecule has 1 N–H and O–H groups in total. The molecule has 0 fully saturated rings. The predicted octanol–water partition coefficient (Wildman–Crippen LogP) is 0.528. The number of aromatic nitrogens is 1. The predicted molar refractivity (Wildman–Crippen MR) is 49.4 cm³/mol. The maximum Gasteiger partial charge on any atom is 0.0554 e. The summed E-state index contributed by atoms with van der Waals surface area (Å²) in [6.45, 7) is 2.26. The van der Waals surface area contributed by atoms with E-state index >= 15 is 0 Å². The molecule has 1 aromatic heterocycles. The van der Waals surface area contributed by atoms with Crippen LogP contribution in [0.25, 0.3) is 0 Å². The molecule has 0 aliphatic carbocycles. The second-order valence-corrected chi connectivity index (χ2v) is 3.29. The summed E-state index contributed by atoms with van der Waals surface area (Å²) in [6, 6.07) is 5.58. The SMILES string of the molecule is CCc1cccc(CNS(=O)[O-])n1. The Morgan fingerprint density at radius 3 is 2.85 bits per heavy atom. The van der Waals surface area contributed by atoms with E-state index in [0.717, 1.165) is 17.8 Å². The van der Waals surface area contributed by atoms with E-state index in [4.69, 9.17) is 0 Å². The first kappa shape index (κ1) is 10.3. The molecule has 0 saturated heterocycles. The second kappa shape index (κ2) is 5.06. The van der Waals surface area contributed by atoms with E-state index in [9.17, 15) is 8.76 Å². The van der Waals surface area contributed by atoms with Crippen LogP contribution >= 0.6 is 0 Å². The van der Waals surface area contributed by atoms with Crippen molar-refractivity contribution in [2.24, 2.45) is 0 Å². The van der Waals surface area contributed by atoms with Gasteiger partial charge in [-0.25, -0.2) is 4.72 Å². The molecule has 1 heterocycles. The lowest BCUT2D eigenvalue weighted by molar-refractivity contribution is 0.522. The lowest BCUT2D eigenvalue weighted by Crippen LogP contribution is -2.16. The lowest BCUT2D eigenvalue weighted by Gasteiger charge is -2.06. The summed E-state index contributed by atoms with van der Waals surface area (Å²) in [7, 11) is 0. The van der Waals surface area contributed by atoms with Crippen LogP contribution in [0.3, 0.4) is 0 Å². The Morgan fingerprint density at radius 2 is 2.23 bits per heavy atom. The van der Waals surface area contributed by atoms with Gasteiger partial charge in [-0.15, -0.1) is 0 Å². The van der Waals surface area contributed by atoms with Gasteiger partial charge >= 0.3 is 0 Å². The first-order valence-corrected chi connectivity index (χ1v) is 5.07. The summed E-state index contributed by atoms with van der Waals surface area (Å²) in [5, 5.41) is 0. The monoisotopic (exact) mass is 199 g/mol. The smallest absolute Gasteiger partial charge is 0.0554 e. The summed E-state index contributed by atoms with van der Waals surface area (Å²) in [5.74, 6) is 0. The first-order chi connectivity index (χ1) is 6.22. The molecule has 0 amide bonds. The number of aryl methyl sites for hydroxylation is 1. The third-order valence-corrected chi connectivity index (χ3v) is 1.98. The highest BCUT2D eigenvalue weighted by atomic mass is 32.2. The van der Waals surface area contributed by atoms with Gasteiger partial charge in [0.15, 0.2) is 0 Å². The molecule has 0 bridgehead atoms. The number of nitrogens with one attached hydrogen (secondary N) is 1. The van der Waals surface area contributed by atoms with Crippen molar-refractivity contribution in [3.05, 3.63) is 29.6 Å². The molecule has 1 aromatic rings. The zero-order valence-corrected chi connectivity index (χ0v) is 8.13. The molecular weight excluding hydrogens is 188 g/mol. The summed E-state index contributed by atoms with van der Waals surface area (Å²) in [5.41, 5.74) is 1.71. The van der Waals surface area contributed by atoms with Gasteiger partial charge in [0.25, 0.3) is 0 Å². The van der Waals surface area contributed by atoms with Gasteiger partial charge in [-0.05, 0) is 18.6 Å². The average molecular weight is 199 g/mol. The van der Waals surface area contributed by atoms with Crippen LogP contribution in [-0.4, -0.2) is 13.7 Å². The van der Waals surface area contributed by atoms with Crippen molar-refractivity contribution in [2.75, 3.05) is 0 Å². The zero-order valence-electron chi connectivity index (χ0n) is 7.32. The maximum absolute atomic E-state index is 10.2. The average Bonchev–Trinajstić information content (AvgIpc) is 2.15. The maximum atomic E-state index is 10.2. The van der Waals surface area contributed by atoms with Gasteiger partial charge in [-0.3, -0.25) is 9.19 Å². The third kappa shape index (κ3) is 3.63. The van der Waals surface area contributed by atoms with Crippen molar-refractivity contribution < 1.29 is 8.76 Å². The Kier molecular flexibility index (Phi) is 4.01. The summed E-state index contributed by atoms with van der Waals surface area (Å²) in [4.78, 5) is 4.23. The Bertz CT molecular complexity index is 304. The van der Waals surface area contributed by atoms with E-state index in [2.05, 4.69) is 9.71 Å². The lowest BCUT2D eigenvalue weighted by atomic mass is 10.2. The fraction of sp³-hybridized carbons (Fsp3) is 0.375. The van der Waals surface area contributed by atoms with E-state index in [1.54, 1.807) is 6.07 Å². The van der Waals surface area contributed by atoms with Crippen molar-refractivity contribution in [3.8, 4) is 0 Å². The van der Waals surface area contributed by atoms with Gasteiger partial charge < -0.3 is 4.55 Å². The molecule has 1 rings (SSSR count). The molecule has 0 aliphatic rings. The first-order valence-electron chi connectivity index (χ1n) is 4.00. The van der Waals surface area contributed by atoms with Crippen LogP contribution in [-0.2, 0) is 24.2 Å². The van der Waals surface area contributed by atoms with Gasteiger partial charge in [0.2, 0.25) is 0 Å². The summed E-state index contributed by atoms with van der Waals surface area (Å²) in [6.07, 6.45) is 0.855. The van der Waals surface area contributed by atoms with E-state index in [0.29, 0.717) is 0 Å². The molecule has 5 heteroatoms. The van der Waals surface area contributed by atoms with E-state index in [1.165, 1.54) is 0 Å². The molecule has 4 nitrogen and oxygen atoms in total. The van der Waals surface area contributed by atoms with Gasteiger partial charge in [-0.2, -0.15) is 0 Å². The summed E-state index contributed by atoms with van der Waals surface area (Å²) >= 11 is -2.21. The Labute approximate surface area is 79.8 Å². The highest BCUT2D eigenvalue weighted by Crippen LogP contribution is 1.99. The van der Waals surface area contributed by atoms with Gasteiger partial charge in [0, 0.05) is 23.5 Å². The van der Waals surface area contributed by atoms with Crippen molar-refractivity contribution in [3.63, 3.8) is 0 Å². The van der Waals surface area contributed by atoms with Crippen LogP contribution in [0, 0.1) is 0 Å². The van der Waals surface area contributed by atoms with Crippen molar-refractivity contribution in [1.82, 2.24) is 9.71 Å². The number of hydrogen-bond donors (Lipinski definition) is 1.